The number of aryl methyl sites for hydroxylation is 1. The van der Waals surface area contributed by atoms with Crippen LogP contribution in [-0.4, -0.2) is 29.8 Å². The Labute approximate surface area is 136 Å². The Hall–Kier alpha value is -2.27. The number of hydrogen-bond donors (Lipinski definition) is 2. The highest BCUT2D eigenvalue weighted by Crippen LogP contribution is 2.24. The van der Waals surface area contributed by atoms with Gasteiger partial charge in [0.2, 0.25) is 5.91 Å². The summed E-state index contributed by atoms with van der Waals surface area (Å²) in [7, 11) is 0. The number of nitrogens with one attached hydrogen (secondary N) is 1. The van der Waals surface area contributed by atoms with E-state index in [4.69, 9.17) is 15.9 Å². The molecule has 0 bridgehead atoms. The maximum Gasteiger partial charge on any atom is 0.248 e. The first-order chi connectivity index (χ1) is 11.0. The van der Waals surface area contributed by atoms with Crippen LogP contribution in [0.5, 0.6) is 0 Å². The highest BCUT2D eigenvalue weighted by atomic mass is 16.5. The van der Waals surface area contributed by atoms with Crippen LogP contribution >= 0.6 is 0 Å². The quantitative estimate of drug-likeness (QED) is 0.770. The van der Waals surface area contributed by atoms with Gasteiger partial charge in [0, 0.05) is 40.4 Å². The number of carbonyl (C=O) groups is 1. The zero-order valence-electron chi connectivity index (χ0n) is 13.8. The molecule has 0 saturated carbocycles. The van der Waals surface area contributed by atoms with E-state index in [2.05, 4.69) is 11.9 Å². The second kappa shape index (κ2) is 7.33. The standard InChI is InChI=1S/C18H23N3O2/c1-4-12(10-23-5-2)17(19)15-8-11(3)21-16-9-13(18(20)22)6-7-14(15)16/h6-9,12,19H,4-5,10H2,1-3H3,(H2,20,22). The van der Waals surface area contributed by atoms with Crippen LogP contribution in [0.2, 0.25) is 0 Å². The van der Waals surface area contributed by atoms with E-state index in [0.29, 0.717) is 30.0 Å². The minimum Gasteiger partial charge on any atom is -0.381 e. The van der Waals surface area contributed by atoms with Crippen molar-refractivity contribution in [1.29, 1.82) is 5.41 Å². The van der Waals surface area contributed by atoms with Crippen molar-refractivity contribution >= 4 is 22.5 Å². The molecule has 5 heteroatoms. The number of amides is 1. The third-order valence-electron chi connectivity index (χ3n) is 3.94. The lowest BCUT2D eigenvalue weighted by Crippen LogP contribution is -2.20. The van der Waals surface area contributed by atoms with E-state index in [1.54, 1.807) is 12.1 Å². The highest BCUT2D eigenvalue weighted by Gasteiger charge is 2.18. The topological polar surface area (TPSA) is 89.1 Å². The van der Waals surface area contributed by atoms with Crippen molar-refractivity contribution in [3.63, 3.8) is 0 Å². The molecule has 1 aromatic heterocycles. The van der Waals surface area contributed by atoms with Crippen LogP contribution in [0.25, 0.3) is 10.9 Å². The summed E-state index contributed by atoms with van der Waals surface area (Å²) in [6.07, 6.45) is 0.834. The van der Waals surface area contributed by atoms with Gasteiger partial charge in [-0.15, -0.1) is 0 Å². The largest absolute Gasteiger partial charge is 0.381 e. The van der Waals surface area contributed by atoms with E-state index in [0.717, 1.165) is 23.1 Å². The molecule has 0 saturated heterocycles. The Bertz CT molecular complexity index is 740. The molecular formula is C18H23N3O2. The van der Waals surface area contributed by atoms with Crippen LogP contribution in [0.1, 0.15) is 41.9 Å². The van der Waals surface area contributed by atoms with Gasteiger partial charge in [0.25, 0.3) is 0 Å². The molecule has 0 spiro atoms. The van der Waals surface area contributed by atoms with Crippen LogP contribution in [0.3, 0.4) is 0 Å². The molecule has 2 aromatic rings. The second-order valence-electron chi connectivity index (χ2n) is 5.59. The van der Waals surface area contributed by atoms with Crippen molar-refractivity contribution in [3.8, 4) is 0 Å². The molecule has 5 nitrogen and oxygen atoms in total. The predicted molar refractivity (Wildman–Crippen MR) is 92.1 cm³/mol. The van der Waals surface area contributed by atoms with Gasteiger partial charge in [0.05, 0.1) is 12.1 Å². The fourth-order valence-corrected chi connectivity index (χ4v) is 2.62. The van der Waals surface area contributed by atoms with E-state index in [1.807, 2.05) is 26.0 Å². The minimum absolute atomic E-state index is 0.0377. The molecule has 3 N–H and O–H groups in total. The zero-order chi connectivity index (χ0) is 17.0. The first-order valence-corrected chi connectivity index (χ1v) is 7.85. The smallest absolute Gasteiger partial charge is 0.248 e. The maximum absolute atomic E-state index is 11.4. The summed E-state index contributed by atoms with van der Waals surface area (Å²) in [5.41, 5.74) is 8.65. The molecule has 23 heavy (non-hydrogen) atoms. The van der Waals surface area contributed by atoms with Gasteiger partial charge in [0.1, 0.15) is 0 Å². The SMILES string of the molecule is CCOCC(CC)C(=N)c1cc(C)nc2cc(C(N)=O)ccc12. The molecule has 0 aliphatic rings. The van der Waals surface area contributed by atoms with Crippen molar-refractivity contribution in [3.05, 3.63) is 41.1 Å². The van der Waals surface area contributed by atoms with Crippen LogP contribution in [0, 0.1) is 18.3 Å². The van der Waals surface area contributed by atoms with Gasteiger partial charge >= 0.3 is 0 Å². The Morgan fingerprint density at radius 2 is 2.09 bits per heavy atom. The third kappa shape index (κ3) is 3.74. The molecule has 1 atom stereocenters. The lowest BCUT2D eigenvalue weighted by Gasteiger charge is -2.18. The molecular weight excluding hydrogens is 290 g/mol. The normalized spacial score (nSPS) is 12.3. The van der Waals surface area contributed by atoms with E-state index >= 15 is 0 Å². The molecule has 0 aliphatic heterocycles. The van der Waals surface area contributed by atoms with Gasteiger partial charge in [-0.2, -0.15) is 0 Å². The maximum atomic E-state index is 11.4. The first-order valence-electron chi connectivity index (χ1n) is 7.85. The zero-order valence-corrected chi connectivity index (χ0v) is 13.8. The summed E-state index contributed by atoms with van der Waals surface area (Å²) in [6.45, 7) is 7.07. The number of rotatable bonds is 7. The number of benzene rings is 1. The summed E-state index contributed by atoms with van der Waals surface area (Å²) in [5, 5.41) is 9.44. The number of aromatic nitrogens is 1. The number of nitrogens with two attached hydrogens (primary N) is 1. The Morgan fingerprint density at radius 1 is 1.35 bits per heavy atom. The Kier molecular flexibility index (Phi) is 5.45. The average molecular weight is 313 g/mol. The number of hydrogen-bond acceptors (Lipinski definition) is 4. The fraction of sp³-hybridized carbons (Fsp3) is 0.389. The molecule has 2 rings (SSSR count). The highest BCUT2D eigenvalue weighted by molar-refractivity contribution is 6.10. The van der Waals surface area contributed by atoms with Crippen molar-refractivity contribution in [1.82, 2.24) is 4.98 Å². The van der Waals surface area contributed by atoms with Gasteiger partial charge in [-0.1, -0.05) is 13.0 Å². The summed E-state index contributed by atoms with van der Waals surface area (Å²) >= 11 is 0. The van der Waals surface area contributed by atoms with Crippen molar-refractivity contribution < 1.29 is 9.53 Å². The second-order valence-corrected chi connectivity index (χ2v) is 5.59. The fourth-order valence-electron chi connectivity index (χ4n) is 2.62. The number of nitrogens with zero attached hydrogens (tertiary/aromatic N) is 1. The Balaban J connectivity index is 2.51. The van der Waals surface area contributed by atoms with E-state index in [9.17, 15) is 4.79 Å². The number of fused-ring (bicyclic) bond motifs is 1. The van der Waals surface area contributed by atoms with Crippen molar-refractivity contribution in [2.24, 2.45) is 11.7 Å². The molecule has 1 heterocycles. The molecule has 0 fully saturated rings. The number of ether oxygens (including phenoxy) is 1. The summed E-state index contributed by atoms with van der Waals surface area (Å²) < 4.78 is 5.50. The number of carbonyl (C=O) groups excluding carboxylic acids is 1. The van der Waals surface area contributed by atoms with Gasteiger partial charge in [-0.3, -0.25) is 9.78 Å². The summed E-state index contributed by atoms with van der Waals surface area (Å²) in [4.78, 5) is 15.8. The average Bonchev–Trinajstić information content (AvgIpc) is 2.53. The van der Waals surface area contributed by atoms with E-state index in [1.165, 1.54) is 0 Å². The molecule has 1 aromatic carbocycles. The monoisotopic (exact) mass is 313 g/mol. The van der Waals surface area contributed by atoms with Gasteiger partial charge < -0.3 is 15.9 Å². The molecule has 0 radical (unpaired) electrons. The van der Waals surface area contributed by atoms with Gasteiger partial charge in [-0.25, -0.2) is 0 Å². The van der Waals surface area contributed by atoms with Crippen molar-refractivity contribution in [2.45, 2.75) is 27.2 Å². The van der Waals surface area contributed by atoms with E-state index < -0.39 is 5.91 Å². The number of primary amides is 1. The molecule has 122 valence electrons. The minimum atomic E-state index is -0.477. The van der Waals surface area contributed by atoms with Crippen LogP contribution in [-0.2, 0) is 4.74 Å². The first kappa shape index (κ1) is 17.1. The Morgan fingerprint density at radius 3 is 2.70 bits per heavy atom. The van der Waals surface area contributed by atoms with Crippen molar-refractivity contribution in [2.75, 3.05) is 13.2 Å². The number of pyridine rings is 1. The van der Waals surface area contributed by atoms with Crippen LogP contribution < -0.4 is 5.73 Å². The summed E-state index contributed by atoms with van der Waals surface area (Å²) in [5.74, 6) is -0.439. The van der Waals surface area contributed by atoms with Crippen LogP contribution in [0.4, 0.5) is 0 Å². The van der Waals surface area contributed by atoms with Gasteiger partial charge in [0.15, 0.2) is 0 Å². The molecule has 1 unspecified atom stereocenters. The third-order valence-corrected chi connectivity index (χ3v) is 3.94. The predicted octanol–water partition coefficient (Wildman–Crippen LogP) is 3.07. The lowest BCUT2D eigenvalue weighted by atomic mass is 9.92. The summed E-state index contributed by atoms with van der Waals surface area (Å²) in [6, 6.07) is 7.11. The van der Waals surface area contributed by atoms with Crippen LogP contribution in [0.15, 0.2) is 24.3 Å². The van der Waals surface area contributed by atoms with Gasteiger partial charge in [-0.05, 0) is 38.5 Å². The molecule has 0 aliphatic carbocycles. The molecule has 1 amide bonds. The van der Waals surface area contributed by atoms with E-state index in [-0.39, 0.29) is 5.92 Å². The lowest BCUT2D eigenvalue weighted by molar-refractivity contribution is 0.100.